The average Bonchev–Trinajstić information content (AvgIpc) is 2.62. The van der Waals surface area contributed by atoms with Gasteiger partial charge in [-0.2, -0.15) is 4.98 Å². The molecule has 0 aliphatic carbocycles. The van der Waals surface area contributed by atoms with Gasteiger partial charge < -0.3 is 4.74 Å². The van der Waals surface area contributed by atoms with Crippen LogP contribution in [-0.2, 0) is 4.74 Å². The van der Waals surface area contributed by atoms with E-state index in [9.17, 15) is 4.79 Å². The number of amides is 1. The van der Waals surface area contributed by atoms with Crippen molar-refractivity contribution in [3.05, 3.63) is 23.5 Å². The number of aromatic nitrogens is 3. The molecule has 0 saturated heterocycles. The van der Waals surface area contributed by atoms with E-state index in [0.717, 1.165) is 0 Å². The van der Waals surface area contributed by atoms with E-state index in [-0.39, 0.29) is 11.1 Å². The van der Waals surface area contributed by atoms with Crippen molar-refractivity contribution >= 4 is 29.2 Å². The SMILES string of the molecule is CC(C)(C)OC(=O)Nc1nc(Cl)c2cccn2n1. The van der Waals surface area contributed by atoms with Gasteiger partial charge in [0, 0.05) is 6.20 Å². The summed E-state index contributed by atoms with van der Waals surface area (Å²) in [6, 6.07) is 3.56. The number of fused-ring (bicyclic) bond motifs is 1. The minimum absolute atomic E-state index is 0.0953. The van der Waals surface area contributed by atoms with Crippen LogP contribution in [-0.4, -0.2) is 26.3 Å². The molecular weight excluding hydrogens is 256 g/mol. The summed E-state index contributed by atoms with van der Waals surface area (Å²) in [6.45, 7) is 5.32. The van der Waals surface area contributed by atoms with Gasteiger partial charge in [0.2, 0.25) is 0 Å². The predicted molar refractivity (Wildman–Crippen MR) is 67.9 cm³/mol. The standard InChI is InChI=1S/C11H13ClN4O2/c1-11(2,3)18-10(17)14-9-13-8(12)7-5-4-6-16(7)15-9/h4-6H,1-3H3,(H,14,15,17). The second kappa shape index (κ2) is 4.45. The maximum atomic E-state index is 11.5. The van der Waals surface area contributed by atoms with Crippen molar-refractivity contribution in [1.82, 2.24) is 14.6 Å². The fourth-order valence-corrected chi connectivity index (χ4v) is 1.58. The zero-order valence-corrected chi connectivity index (χ0v) is 11.0. The number of anilines is 1. The van der Waals surface area contributed by atoms with Crippen molar-refractivity contribution in [3.8, 4) is 0 Å². The van der Waals surface area contributed by atoms with Gasteiger partial charge in [-0.1, -0.05) is 11.6 Å². The van der Waals surface area contributed by atoms with E-state index in [1.807, 2.05) is 0 Å². The molecule has 0 aromatic carbocycles. The van der Waals surface area contributed by atoms with Gasteiger partial charge in [-0.3, -0.25) is 5.32 Å². The minimum atomic E-state index is -0.620. The molecule has 2 aromatic heterocycles. The quantitative estimate of drug-likeness (QED) is 0.863. The molecule has 0 saturated carbocycles. The Balaban J connectivity index is 2.19. The van der Waals surface area contributed by atoms with Gasteiger partial charge >= 0.3 is 6.09 Å². The highest BCUT2D eigenvalue weighted by Crippen LogP contribution is 2.16. The Morgan fingerprint density at radius 2 is 2.22 bits per heavy atom. The monoisotopic (exact) mass is 268 g/mol. The Labute approximate surface area is 109 Å². The van der Waals surface area contributed by atoms with E-state index in [1.54, 1.807) is 39.1 Å². The van der Waals surface area contributed by atoms with Gasteiger partial charge in [0.1, 0.15) is 11.1 Å². The van der Waals surface area contributed by atoms with Gasteiger partial charge in [-0.05, 0) is 32.9 Å². The van der Waals surface area contributed by atoms with E-state index in [4.69, 9.17) is 16.3 Å². The molecule has 96 valence electrons. The summed E-state index contributed by atoms with van der Waals surface area (Å²) in [4.78, 5) is 15.5. The van der Waals surface area contributed by atoms with Gasteiger partial charge in [-0.25, -0.2) is 9.31 Å². The molecule has 0 unspecified atom stereocenters. The number of hydrogen-bond acceptors (Lipinski definition) is 4. The van der Waals surface area contributed by atoms with E-state index >= 15 is 0 Å². The number of hydrogen-bond donors (Lipinski definition) is 1. The molecule has 2 heterocycles. The molecule has 2 rings (SSSR count). The third-order valence-corrected chi connectivity index (χ3v) is 2.24. The van der Waals surface area contributed by atoms with E-state index in [2.05, 4.69) is 15.4 Å². The fourth-order valence-electron chi connectivity index (χ4n) is 1.35. The van der Waals surface area contributed by atoms with E-state index < -0.39 is 11.7 Å². The van der Waals surface area contributed by atoms with Crippen molar-refractivity contribution < 1.29 is 9.53 Å². The first kappa shape index (κ1) is 12.6. The number of halogens is 1. The first-order valence-electron chi connectivity index (χ1n) is 5.36. The summed E-state index contributed by atoms with van der Waals surface area (Å²) in [5.41, 5.74) is 0.0947. The van der Waals surface area contributed by atoms with Crippen LogP contribution in [0.3, 0.4) is 0 Å². The van der Waals surface area contributed by atoms with Crippen molar-refractivity contribution in [2.75, 3.05) is 5.32 Å². The molecule has 18 heavy (non-hydrogen) atoms. The Morgan fingerprint density at radius 3 is 2.89 bits per heavy atom. The van der Waals surface area contributed by atoms with Crippen LogP contribution in [0.5, 0.6) is 0 Å². The normalized spacial score (nSPS) is 11.6. The number of nitrogens with one attached hydrogen (secondary N) is 1. The highest BCUT2D eigenvalue weighted by atomic mass is 35.5. The van der Waals surface area contributed by atoms with Crippen LogP contribution in [0.15, 0.2) is 18.3 Å². The van der Waals surface area contributed by atoms with E-state index in [0.29, 0.717) is 5.52 Å². The zero-order valence-electron chi connectivity index (χ0n) is 10.3. The second-order valence-corrected chi connectivity index (χ2v) is 5.05. The molecule has 6 nitrogen and oxygen atoms in total. The topological polar surface area (TPSA) is 68.5 Å². The third-order valence-electron chi connectivity index (χ3n) is 1.96. The van der Waals surface area contributed by atoms with Crippen LogP contribution in [0.25, 0.3) is 5.52 Å². The number of rotatable bonds is 1. The highest BCUT2D eigenvalue weighted by Gasteiger charge is 2.17. The second-order valence-electron chi connectivity index (χ2n) is 4.69. The fraction of sp³-hybridized carbons (Fsp3) is 0.364. The lowest BCUT2D eigenvalue weighted by Crippen LogP contribution is -2.28. The molecule has 0 bridgehead atoms. The zero-order chi connectivity index (χ0) is 13.3. The molecule has 0 radical (unpaired) electrons. The summed E-state index contributed by atoms with van der Waals surface area (Å²) in [6.07, 6.45) is 1.09. The molecule has 0 spiro atoms. The Bertz CT molecular complexity index is 588. The number of ether oxygens (including phenoxy) is 1. The third kappa shape index (κ3) is 2.89. The van der Waals surface area contributed by atoms with Crippen LogP contribution in [0.4, 0.5) is 10.7 Å². The van der Waals surface area contributed by atoms with Crippen LogP contribution < -0.4 is 5.32 Å². The molecule has 0 aliphatic heterocycles. The van der Waals surface area contributed by atoms with Gasteiger partial charge in [0.15, 0.2) is 5.15 Å². The molecule has 0 atom stereocenters. The lowest BCUT2D eigenvalue weighted by Gasteiger charge is -2.19. The van der Waals surface area contributed by atoms with Gasteiger partial charge in [0.25, 0.3) is 5.95 Å². The van der Waals surface area contributed by atoms with Crippen LogP contribution >= 0.6 is 11.6 Å². The minimum Gasteiger partial charge on any atom is -0.444 e. The summed E-state index contributed by atoms with van der Waals surface area (Å²) < 4.78 is 6.62. The molecule has 0 aliphatic rings. The van der Waals surface area contributed by atoms with E-state index in [1.165, 1.54) is 4.52 Å². The molecule has 2 aromatic rings. The molecule has 0 fully saturated rings. The highest BCUT2D eigenvalue weighted by molar-refractivity contribution is 6.32. The smallest absolute Gasteiger partial charge is 0.414 e. The first-order chi connectivity index (χ1) is 8.35. The summed E-state index contributed by atoms with van der Waals surface area (Å²) >= 11 is 5.96. The Morgan fingerprint density at radius 1 is 1.50 bits per heavy atom. The van der Waals surface area contributed by atoms with Crippen molar-refractivity contribution in [2.45, 2.75) is 26.4 Å². The lowest BCUT2D eigenvalue weighted by atomic mass is 10.2. The Kier molecular flexibility index (Phi) is 3.13. The van der Waals surface area contributed by atoms with Crippen molar-refractivity contribution in [1.29, 1.82) is 0 Å². The number of carbonyl (C=O) groups excluding carboxylic acids is 1. The van der Waals surface area contributed by atoms with Crippen LogP contribution in [0.1, 0.15) is 20.8 Å². The molecule has 1 amide bonds. The maximum absolute atomic E-state index is 11.5. The van der Waals surface area contributed by atoms with Gasteiger partial charge in [0.05, 0.1) is 0 Å². The maximum Gasteiger partial charge on any atom is 0.414 e. The lowest BCUT2D eigenvalue weighted by molar-refractivity contribution is 0.0634. The van der Waals surface area contributed by atoms with Crippen LogP contribution in [0.2, 0.25) is 5.15 Å². The summed E-state index contributed by atoms with van der Waals surface area (Å²) in [7, 11) is 0. The molecule has 1 N–H and O–H groups in total. The Hall–Kier alpha value is -1.82. The first-order valence-corrected chi connectivity index (χ1v) is 5.74. The van der Waals surface area contributed by atoms with Crippen LogP contribution in [0, 0.1) is 0 Å². The summed E-state index contributed by atoms with van der Waals surface area (Å²) in [5, 5.41) is 6.77. The van der Waals surface area contributed by atoms with Crippen molar-refractivity contribution in [2.24, 2.45) is 0 Å². The largest absolute Gasteiger partial charge is 0.444 e. The van der Waals surface area contributed by atoms with Gasteiger partial charge in [-0.15, -0.1) is 5.10 Å². The molecular formula is C11H13ClN4O2. The number of carbonyl (C=O) groups is 1. The average molecular weight is 269 g/mol. The number of nitrogens with zero attached hydrogens (tertiary/aromatic N) is 3. The molecule has 7 heteroatoms. The summed E-state index contributed by atoms with van der Waals surface area (Å²) in [5.74, 6) is 0.0953. The predicted octanol–water partition coefficient (Wildman–Crippen LogP) is 2.73. The van der Waals surface area contributed by atoms with Crippen molar-refractivity contribution in [3.63, 3.8) is 0 Å².